The van der Waals surface area contributed by atoms with Crippen molar-refractivity contribution >= 4 is 17.5 Å². The predicted molar refractivity (Wildman–Crippen MR) is 97.1 cm³/mol. The molecular formula is C19H17F3N4O. The second-order valence-electron chi connectivity index (χ2n) is 5.63. The van der Waals surface area contributed by atoms with Crippen LogP contribution in [0.2, 0.25) is 0 Å². The third kappa shape index (κ3) is 4.87. The van der Waals surface area contributed by atoms with Gasteiger partial charge in [-0.1, -0.05) is 24.3 Å². The molecule has 0 unspecified atom stereocenters. The van der Waals surface area contributed by atoms with Crippen LogP contribution >= 0.6 is 0 Å². The van der Waals surface area contributed by atoms with E-state index in [-0.39, 0.29) is 11.6 Å². The number of ether oxygens (including phenoxy) is 1. The lowest BCUT2D eigenvalue weighted by Crippen LogP contribution is -2.07. The number of benzene rings is 2. The van der Waals surface area contributed by atoms with Crippen LogP contribution in [0.15, 0.2) is 60.8 Å². The molecule has 2 N–H and O–H groups in total. The Balaban J connectivity index is 1.71. The Morgan fingerprint density at radius 1 is 1.04 bits per heavy atom. The van der Waals surface area contributed by atoms with Gasteiger partial charge >= 0.3 is 6.18 Å². The van der Waals surface area contributed by atoms with Crippen molar-refractivity contribution < 1.29 is 17.9 Å². The quantitative estimate of drug-likeness (QED) is 0.645. The highest BCUT2D eigenvalue weighted by atomic mass is 19.4. The van der Waals surface area contributed by atoms with Crippen LogP contribution in [0.5, 0.6) is 5.75 Å². The SMILES string of the molecule is COc1ccccc1CNc1ccnc(Nc2cccc(C(F)(F)F)c2)n1. The molecule has 0 bridgehead atoms. The lowest BCUT2D eigenvalue weighted by molar-refractivity contribution is -0.137. The number of aromatic nitrogens is 2. The minimum absolute atomic E-state index is 0.194. The van der Waals surface area contributed by atoms with Crippen molar-refractivity contribution in [2.45, 2.75) is 12.7 Å². The van der Waals surface area contributed by atoms with Gasteiger partial charge in [-0.3, -0.25) is 0 Å². The number of nitrogens with one attached hydrogen (secondary N) is 2. The van der Waals surface area contributed by atoms with Gasteiger partial charge in [0.05, 0.1) is 12.7 Å². The zero-order valence-electron chi connectivity index (χ0n) is 14.4. The fourth-order valence-electron chi connectivity index (χ4n) is 2.45. The van der Waals surface area contributed by atoms with Crippen molar-refractivity contribution in [2.75, 3.05) is 17.7 Å². The fraction of sp³-hybridized carbons (Fsp3) is 0.158. The van der Waals surface area contributed by atoms with Crippen molar-refractivity contribution in [3.8, 4) is 5.75 Å². The summed E-state index contributed by atoms with van der Waals surface area (Å²) in [5.41, 5.74) is 0.468. The molecule has 0 amide bonds. The highest BCUT2D eigenvalue weighted by molar-refractivity contribution is 5.56. The van der Waals surface area contributed by atoms with E-state index in [9.17, 15) is 13.2 Å². The Morgan fingerprint density at radius 2 is 1.85 bits per heavy atom. The summed E-state index contributed by atoms with van der Waals surface area (Å²) >= 11 is 0. The van der Waals surface area contributed by atoms with Crippen LogP contribution in [0.3, 0.4) is 0 Å². The first-order chi connectivity index (χ1) is 13.0. The number of rotatable bonds is 6. The molecule has 0 radical (unpaired) electrons. The van der Waals surface area contributed by atoms with E-state index in [2.05, 4.69) is 20.6 Å². The highest BCUT2D eigenvalue weighted by Crippen LogP contribution is 2.31. The van der Waals surface area contributed by atoms with Crippen molar-refractivity contribution in [2.24, 2.45) is 0 Å². The van der Waals surface area contributed by atoms with E-state index in [1.165, 1.54) is 18.3 Å². The maximum absolute atomic E-state index is 12.8. The number of methoxy groups -OCH3 is 1. The number of para-hydroxylation sites is 1. The van der Waals surface area contributed by atoms with Gasteiger partial charge in [0.1, 0.15) is 11.6 Å². The first-order valence-electron chi connectivity index (χ1n) is 8.09. The first-order valence-corrected chi connectivity index (χ1v) is 8.09. The van der Waals surface area contributed by atoms with Crippen LogP contribution < -0.4 is 15.4 Å². The van der Waals surface area contributed by atoms with E-state index in [1.54, 1.807) is 13.2 Å². The van der Waals surface area contributed by atoms with Gasteiger partial charge in [0.15, 0.2) is 0 Å². The third-order valence-corrected chi connectivity index (χ3v) is 3.75. The first kappa shape index (κ1) is 18.5. The second-order valence-corrected chi connectivity index (χ2v) is 5.63. The zero-order chi connectivity index (χ0) is 19.3. The van der Waals surface area contributed by atoms with E-state index in [1.807, 2.05) is 24.3 Å². The molecule has 0 saturated carbocycles. The lowest BCUT2D eigenvalue weighted by atomic mass is 10.2. The van der Waals surface area contributed by atoms with Gasteiger partial charge in [-0.05, 0) is 30.3 Å². The third-order valence-electron chi connectivity index (χ3n) is 3.75. The molecule has 5 nitrogen and oxygen atoms in total. The number of hydrogen-bond donors (Lipinski definition) is 2. The molecule has 0 aliphatic carbocycles. The highest BCUT2D eigenvalue weighted by Gasteiger charge is 2.30. The van der Waals surface area contributed by atoms with Crippen LogP contribution in [-0.2, 0) is 12.7 Å². The van der Waals surface area contributed by atoms with Crippen LogP contribution in [0.25, 0.3) is 0 Å². The summed E-state index contributed by atoms with van der Waals surface area (Å²) < 4.78 is 43.7. The summed E-state index contributed by atoms with van der Waals surface area (Å²) in [5, 5.41) is 5.94. The van der Waals surface area contributed by atoms with Crippen LogP contribution in [-0.4, -0.2) is 17.1 Å². The standard InChI is InChI=1S/C19H17F3N4O/c1-27-16-8-3-2-5-13(16)12-24-17-9-10-23-18(26-17)25-15-7-4-6-14(11-15)19(20,21)22/h2-11H,12H2,1H3,(H2,23,24,25,26). The summed E-state index contributed by atoms with van der Waals surface area (Å²) in [5.74, 6) is 1.48. The predicted octanol–water partition coefficient (Wildman–Crippen LogP) is 4.86. The summed E-state index contributed by atoms with van der Waals surface area (Å²) in [7, 11) is 1.60. The minimum atomic E-state index is -4.41. The van der Waals surface area contributed by atoms with E-state index in [4.69, 9.17) is 4.74 Å². The average molecular weight is 374 g/mol. The Kier molecular flexibility index (Phi) is 5.44. The molecule has 0 spiro atoms. The Morgan fingerprint density at radius 3 is 2.63 bits per heavy atom. The summed E-state index contributed by atoms with van der Waals surface area (Å²) in [6.07, 6.45) is -2.88. The summed E-state index contributed by atoms with van der Waals surface area (Å²) in [6.45, 7) is 0.476. The van der Waals surface area contributed by atoms with Crippen LogP contribution in [0.1, 0.15) is 11.1 Å². The van der Waals surface area contributed by atoms with Gasteiger partial charge in [-0.25, -0.2) is 4.98 Å². The van der Waals surface area contributed by atoms with E-state index in [0.717, 1.165) is 23.4 Å². The smallest absolute Gasteiger partial charge is 0.416 e. The maximum Gasteiger partial charge on any atom is 0.416 e. The van der Waals surface area contributed by atoms with E-state index >= 15 is 0 Å². The topological polar surface area (TPSA) is 59.1 Å². The van der Waals surface area contributed by atoms with Gasteiger partial charge in [0.2, 0.25) is 5.95 Å². The van der Waals surface area contributed by atoms with Gasteiger partial charge in [0, 0.05) is 24.0 Å². The molecule has 1 aromatic heterocycles. The Hall–Kier alpha value is -3.29. The molecule has 1 heterocycles. The molecule has 0 aliphatic heterocycles. The molecule has 0 saturated heterocycles. The number of nitrogens with zero attached hydrogens (tertiary/aromatic N) is 2. The second kappa shape index (κ2) is 7.94. The lowest BCUT2D eigenvalue weighted by Gasteiger charge is -2.12. The number of halogens is 3. The number of alkyl halides is 3. The van der Waals surface area contributed by atoms with Gasteiger partial charge < -0.3 is 15.4 Å². The van der Waals surface area contributed by atoms with Crippen LogP contribution in [0, 0.1) is 0 Å². The largest absolute Gasteiger partial charge is 0.496 e. The van der Waals surface area contributed by atoms with Gasteiger partial charge in [-0.15, -0.1) is 0 Å². The van der Waals surface area contributed by atoms with Crippen molar-refractivity contribution in [3.63, 3.8) is 0 Å². The van der Waals surface area contributed by atoms with Crippen molar-refractivity contribution in [1.29, 1.82) is 0 Å². The molecule has 0 atom stereocenters. The van der Waals surface area contributed by atoms with Gasteiger partial charge in [0.25, 0.3) is 0 Å². The Labute approximate surface area is 154 Å². The monoisotopic (exact) mass is 374 g/mol. The Bertz CT molecular complexity index is 915. The molecule has 2 aromatic carbocycles. The van der Waals surface area contributed by atoms with Crippen molar-refractivity contribution in [3.05, 3.63) is 71.9 Å². The summed E-state index contributed by atoms with van der Waals surface area (Å²) in [6, 6.07) is 14.1. The molecule has 3 rings (SSSR count). The molecule has 27 heavy (non-hydrogen) atoms. The number of hydrogen-bond acceptors (Lipinski definition) is 5. The molecule has 8 heteroatoms. The zero-order valence-corrected chi connectivity index (χ0v) is 14.4. The molecule has 0 aliphatic rings. The average Bonchev–Trinajstić information content (AvgIpc) is 2.66. The van der Waals surface area contributed by atoms with E-state index < -0.39 is 11.7 Å². The molecule has 0 fully saturated rings. The number of anilines is 3. The van der Waals surface area contributed by atoms with Crippen LogP contribution in [0.4, 0.5) is 30.6 Å². The van der Waals surface area contributed by atoms with Gasteiger partial charge in [-0.2, -0.15) is 18.2 Å². The maximum atomic E-state index is 12.8. The minimum Gasteiger partial charge on any atom is -0.496 e. The molecule has 3 aromatic rings. The van der Waals surface area contributed by atoms with Crippen molar-refractivity contribution in [1.82, 2.24) is 9.97 Å². The summed E-state index contributed by atoms with van der Waals surface area (Å²) in [4.78, 5) is 8.32. The molecular weight excluding hydrogens is 357 g/mol. The van der Waals surface area contributed by atoms with E-state index in [0.29, 0.717) is 12.4 Å². The normalized spacial score (nSPS) is 11.1. The fourth-order valence-corrected chi connectivity index (χ4v) is 2.45. The molecule has 140 valence electrons.